The molecular formula is C11H20N2OS2. The maximum absolute atomic E-state index is 12.1. The fourth-order valence-electron chi connectivity index (χ4n) is 1.12. The van der Waals surface area contributed by atoms with Crippen LogP contribution in [0.2, 0.25) is 0 Å². The van der Waals surface area contributed by atoms with Gasteiger partial charge in [-0.3, -0.25) is 0 Å². The predicted molar refractivity (Wildman–Crippen MR) is 70.8 cm³/mol. The Morgan fingerprint density at radius 1 is 1.44 bits per heavy atom. The monoisotopic (exact) mass is 260 g/mol. The minimum absolute atomic E-state index is 0.256. The lowest BCUT2D eigenvalue weighted by Crippen LogP contribution is -2.49. The Balaban J connectivity index is 2.83. The van der Waals surface area contributed by atoms with E-state index in [9.17, 15) is 4.55 Å². The maximum Gasteiger partial charge on any atom is 0.136 e. The summed E-state index contributed by atoms with van der Waals surface area (Å²) in [6.07, 6.45) is 2.65. The molecule has 2 atom stereocenters. The quantitative estimate of drug-likeness (QED) is 0.847. The van der Waals surface area contributed by atoms with Gasteiger partial charge in [0, 0.05) is 22.9 Å². The summed E-state index contributed by atoms with van der Waals surface area (Å²) in [7, 11) is 0. The van der Waals surface area contributed by atoms with Gasteiger partial charge in [-0.05, 0) is 34.1 Å². The van der Waals surface area contributed by atoms with Crippen LogP contribution in [0.5, 0.6) is 0 Å². The number of aromatic nitrogens is 1. The first-order valence-corrected chi connectivity index (χ1v) is 7.42. The normalized spacial score (nSPS) is 18.1. The van der Waals surface area contributed by atoms with Crippen LogP contribution in [-0.2, 0) is 16.9 Å². The van der Waals surface area contributed by atoms with Gasteiger partial charge in [0.05, 0.1) is 0 Å². The van der Waals surface area contributed by atoms with Gasteiger partial charge < -0.3 is 4.55 Å². The van der Waals surface area contributed by atoms with Gasteiger partial charge in [0.2, 0.25) is 0 Å². The molecule has 0 aliphatic carbocycles. The summed E-state index contributed by atoms with van der Waals surface area (Å²) in [5, 5.41) is 2.94. The molecule has 1 rings (SSSR count). The third-order valence-electron chi connectivity index (χ3n) is 2.49. The van der Waals surface area contributed by atoms with Crippen LogP contribution in [-0.4, -0.2) is 14.3 Å². The number of hydrogen-bond acceptors (Lipinski definition) is 4. The molecular weight excluding hydrogens is 240 g/mol. The first kappa shape index (κ1) is 14.0. The molecule has 0 bridgehead atoms. The van der Waals surface area contributed by atoms with Gasteiger partial charge >= 0.3 is 0 Å². The van der Waals surface area contributed by atoms with Gasteiger partial charge in [-0.15, -0.1) is 16.1 Å². The van der Waals surface area contributed by atoms with Crippen LogP contribution in [0, 0.1) is 0 Å². The van der Waals surface area contributed by atoms with E-state index in [-0.39, 0.29) is 10.3 Å². The summed E-state index contributed by atoms with van der Waals surface area (Å²) in [6.45, 7) is 10.0. The fourth-order valence-corrected chi connectivity index (χ4v) is 2.97. The maximum atomic E-state index is 12.1. The van der Waals surface area contributed by atoms with E-state index in [1.54, 1.807) is 17.5 Å². The van der Waals surface area contributed by atoms with Crippen molar-refractivity contribution >= 4 is 22.7 Å². The minimum atomic E-state index is -1.07. The molecule has 2 unspecified atom stereocenters. The van der Waals surface area contributed by atoms with Crippen LogP contribution >= 0.6 is 11.3 Å². The molecule has 0 saturated carbocycles. The number of nitrogens with one attached hydrogen (secondary N) is 1. The number of nitrogens with zero attached hydrogens (tertiary/aromatic N) is 1. The summed E-state index contributed by atoms with van der Waals surface area (Å²) in [5.41, 5.74) is -0.299. The van der Waals surface area contributed by atoms with Crippen molar-refractivity contribution in [3.05, 3.63) is 16.6 Å². The average molecular weight is 260 g/mol. The van der Waals surface area contributed by atoms with Crippen LogP contribution < -0.4 is 4.72 Å². The van der Waals surface area contributed by atoms with Gasteiger partial charge in [0.15, 0.2) is 0 Å². The molecule has 3 nitrogen and oxygen atoms in total. The molecule has 5 heteroatoms. The number of thiazole rings is 1. The van der Waals surface area contributed by atoms with Gasteiger partial charge in [-0.1, -0.05) is 6.92 Å². The Morgan fingerprint density at radius 2 is 2.06 bits per heavy atom. The van der Waals surface area contributed by atoms with Gasteiger partial charge in [-0.2, -0.15) is 0 Å². The van der Waals surface area contributed by atoms with E-state index in [1.165, 1.54) is 0 Å². The van der Waals surface area contributed by atoms with Gasteiger partial charge in [0.25, 0.3) is 0 Å². The Hall–Kier alpha value is -0.100. The van der Waals surface area contributed by atoms with Crippen molar-refractivity contribution < 1.29 is 4.55 Å². The molecule has 1 heterocycles. The van der Waals surface area contributed by atoms with Crippen molar-refractivity contribution in [3.63, 3.8) is 0 Å². The third kappa shape index (κ3) is 3.20. The van der Waals surface area contributed by atoms with E-state index in [0.717, 1.165) is 11.4 Å². The van der Waals surface area contributed by atoms with E-state index in [4.69, 9.17) is 0 Å². The molecule has 0 aliphatic rings. The molecule has 1 N–H and O–H groups in total. The molecule has 0 spiro atoms. The first-order valence-electron chi connectivity index (χ1n) is 5.39. The Labute approximate surface area is 105 Å². The van der Waals surface area contributed by atoms with Crippen molar-refractivity contribution in [2.24, 2.45) is 0 Å². The van der Waals surface area contributed by atoms with Crippen molar-refractivity contribution in [2.75, 3.05) is 0 Å². The van der Waals surface area contributed by atoms with Crippen molar-refractivity contribution in [1.29, 1.82) is 0 Å². The van der Waals surface area contributed by atoms with E-state index in [2.05, 4.69) is 23.6 Å². The Bertz CT molecular complexity index is 321. The molecule has 92 valence electrons. The summed E-state index contributed by atoms with van der Waals surface area (Å²) >= 11 is 0.524. The van der Waals surface area contributed by atoms with E-state index >= 15 is 0 Å². The molecule has 16 heavy (non-hydrogen) atoms. The predicted octanol–water partition coefficient (Wildman–Crippen LogP) is 2.82. The summed E-state index contributed by atoms with van der Waals surface area (Å²) in [4.78, 5) is 4.32. The lowest BCUT2D eigenvalue weighted by atomic mass is 10.0. The highest BCUT2D eigenvalue weighted by molar-refractivity contribution is 7.90. The molecule has 1 aromatic rings. The Kier molecular flexibility index (Phi) is 4.40. The second kappa shape index (κ2) is 5.04. The van der Waals surface area contributed by atoms with Crippen molar-refractivity contribution in [3.8, 4) is 0 Å². The second-order valence-corrected chi connectivity index (χ2v) is 7.87. The fraction of sp³-hybridized carbons (Fsp3) is 0.727. The molecule has 0 radical (unpaired) electrons. The van der Waals surface area contributed by atoms with Crippen LogP contribution in [0.15, 0.2) is 11.6 Å². The minimum Gasteiger partial charge on any atom is -0.598 e. The van der Waals surface area contributed by atoms with Crippen LogP contribution in [0.1, 0.15) is 46.0 Å². The molecule has 0 aromatic carbocycles. The number of rotatable bonds is 4. The topological polar surface area (TPSA) is 48.0 Å². The number of hydrogen-bond donors (Lipinski definition) is 1. The van der Waals surface area contributed by atoms with E-state index < -0.39 is 11.4 Å². The smallest absolute Gasteiger partial charge is 0.136 e. The third-order valence-corrected chi connectivity index (χ3v) is 5.27. The van der Waals surface area contributed by atoms with E-state index in [0.29, 0.717) is 0 Å². The highest BCUT2D eigenvalue weighted by Crippen LogP contribution is 2.29. The largest absolute Gasteiger partial charge is 0.598 e. The SMILES string of the molecule is CCC(C)(N[S+]([O-])C(C)(C)C)c1nccs1. The molecule has 0 aliphatic heterocycles. The zero-order chi connectivity index (χ0) is 12.4. The van der Waals surface area contributed by atoms with Crippen molar-refractivity contribution in [2.45, 2.75) is 51.3 Å². The average Bonchev–Trinajstić information content (AvgIpc) is 2.69. The molecule has 0 amide bonds. The highest BCUT2D eigenvalue weighted by atomic mass is 32.2. The molecule has 1 aromatic heterocycles. The van der Waals surface area contributed by atoms with E-state index in [1.807, 2.05) is 26.2 Å². The highest BCUT2D eigenvalue weighted by Gasteiger charge is 2.37. The molecule has 0 fully saturated rings. The first-order chi connectivity index (χ1) is 7.29. The van der Waals surface area contributed by atoms with Crippen LogP contribution in [0.25, 0.3) is 0 Å². The van der Waals surface area contributed by atoms with Crippen LogP contribution in [0.3, 0.4) is 0 Å². The van der Waals surface area contributed by atoms with Gasteiger partial charge in [-0.25, -0.2) is 4.98 Å². The standard InChI is InChI=1S/C11H20N2OS2/c1-6-11(5,9-12-7-8-15-9)13-16(14)10(2,3)4/h7-8,13H,6H2,1-5H3. The second-order valence-electron chi connectivity index (χ2n) is 5.01. The lowest BCUT2D eigenvalue weighted by molar-refractivity contribution is 0.406. The summed E-state index contributed by atoms with van der Waals surface area (Å²) in [5.74, 6) is 0. The summed E-state index contributed by atoms with van der Waals surface area (Å²) in [6, 6.07) is 0. The van der Waals surface area contributed by atoms with Crippen LogP contribution in [0.4, 0.5) is 0 Å². The van der Waals surface area contributed by atoms with Gasteiger partial charge in [0.1, 0.15) is 15.3 Å². The zero-order valence-corrected chi connectivity index (χ0v) is 12.2. The molecule has 0 saturated heterocycles. The lowest BCUT2D eigenvalue weighted by Gasteiger charge is -2.32. The Morgan fingerprint density at radius 3 is 2.44 bits per heavy atom. The zero-order valence-electron chi connectivity index (χ0n) is 10.5. The van der Waals surface area contributed by atoms with Crippen molar-refractivity contribution in [1.82, 2.24) is 9.71 Å². The summed E-state index contributed by atoms with van der Waals surface area (Å²) < 4.78 is 15.1.